The number of nitrogens with zero attached hydrogens (tertiary/aromatic N) is 3. The summed E-state index contributed by atoms with van der Waals surface area (Å²) in [5.41, 5.74) is 1.08. The normalized spacial score (nSPS) is 11.3. The van der Waals surface area contributed by atoms with Crippen LogP contribution in [-0.2, 0) is 17.1 Å². The van der Waals surface area contributed by atoms with Crippen LogP contribution < -0.4 is 14.2 Å². The first-order valence-corrected chi connectivity index (χ1v) is 9.60. The Morgan fingerprint density at radius 2 is 1.85 bits per heavy atom. The van der Waals surface area contributed by atoms with Gasteiger partial charge in [0.15, 0.2) is 5.82 Å². The van der Waals surface area contributed by atoms with E-state index in [0.29, 0.717) is 17.3 Å². The molecule has 142 valence electrons. The molecule has 0 aliphatic carbocycles. The van der Waals surface area contributed by atoms with E-state index in [9.17, 15) is 8.42 Å². The molecule has 0 atom stereocenters. The van der Waals surface area contributed by atoms with Crippen LogP contribution in [0, 0.1) is 0 Å². The second kappa shape index (κ2) is 7.45. The fourth-order valence-corrected chi connectivity index (χ4v) is 4.05. The van der Waals surface area contributed by atoms with E-state index in [1.54, 1.807) is 36.1 Å². The molecule has 10 heteroatoms. The van der Waals surface area contributed by atoms with Gasteiger partial charge >= 0.3 is 0 Å². The number of sulfonamides is 1. The number of hydrogen-bond acceptors (Lipinski definition) is 6. The molecule has 3 rings (SSSR count). The Bertz CT molecular complexity index is 1080. The minimum Gasteiger partial charge on any atom is -0.495 e. The van der Waals surface area contributed by atoms with Gasteiger partial charge in [0.2, 0.25) is 0 Å². The zero-order chi connectivity index (χ0) is 19.6. The second-order valence-corrected chi connectivity index (χ2v) is 7.65. The van der Waals surface area contributed by atoms with Crippen molar-refractivity contribution in [1.29, 1.82) is 0 Å². The quantitative estimate of drug-likeness (QED) is 0.673. The summed E-state index contributed by atoms with van der Waals surface area (Å²) in [4.78, 5) is -0.0974. The topological polar surface area (TPSA) is 95.3 Å². The van der Waals surface area contributed by atoms with Crippen LogP contribution in [0.5, 0.6) is 11.5 Å². The molecule has 2 aromatic carbocycles. The summed E-state index contributed by atoms with van der Waals surface area (Å²) in [6.45, 7) is 0. The van der Waals surface area contributed by atoms with Crippen molar-refractivity contribution in [3.63, 3.8) is 0 Å². The third-order valence-corrected chi connectivity index (χ3v) is 5.51. The fraction of sp³-hybridized carbons (Fsp3) is 0.176. The number of halogens is 1. The minimum absolute atomic E-state index is 0.0974. The second-order valence-electron chi connectivity index (χ2n) is 5.59. The molecule has 8 nitrogen and oxygen atoms in total. The van der Waals surface area contributed by atoms with Gasteiger partial charge in [-0.3, -0.25) is 4.72 Å². The lowest BCUT2D eigenvalue weighted by Gasteiger charge is -2.14. The van der Waals surface area contributed by atoms with Gasteiger partial charge in [0.25, 0.3) is 10.0 Å². The fourth-order valence-electron chi connectivity index (χ4n) is 2.52. The molecule has 0 spiro atoms. The molecular formula is C17H17ClN4O4S. The largest absolute Gasteiger partial charge is 0.495 e. The molecule has 0 radical (unpaired) electrons. The van der Waals surface area contributed by atoms with Crippen LogP contribution in [0.15, 0.2) is 47.6 Å². The summed E-state index contributed by atoms with van der Waals surface area (Å²) < 4.78 is 40.3. The third kappa shape index (κ3) is 3.83. The van der Waals surface area contributed by atoms with Gasteiger partial charge < -0.3 is 14.0 Å². The van der Waals surface area contributed by atoms with E-state index in [-0.39, 0.29) is 15.7 Å². The van der Waals surface area contributed by atoms with Gasteiger partial charge in [-0.25, -0.2) is 8.42 Å². The van der Waals surface area contributed by atoms with E-state index in [4.69, 9.17) is 21.1 Å². The number of hydrogen-bond donors (Lipinski definition) is 1. The molecule has 0 saturated heterocycles. The zero-order valence-electron chi connectivity index (χ0n) is 14.8. The number of benzene rings is 2. The van der Waals surface area contributed by atoms with Gasteiger partial charge in [-0.1, -0.05) is 23.7 Å². The van der Waals surface area contributed by atoms with Crippen molar-refractivity contribution in [2.24, 2.45) is 7.05 Å². The van der Waals surface area contributed by atoms with Crippen molar-refractivity contribution in [3.8, 4) is 22.9 Å². The lowest BCUT2D eigenvalue weighted by Crippen LogP contribution is -2.14. The summed E-state index contributed by atoms with van der Waals surface area (Å²) >= 11 is 6.09. The molecular weight excluding hydrogens is 392 g/mol. The summed E-state index contributed by atoms with van der Waals surface area (Å²) in [7, 11) is 0.652. The molecule has 0 fully saturated rings. The monoisotopic (exact) mass is 408 g/mol. The van der Waals surface area contributed by atoms with E-state index < -0.39 is 10.0 Å². The highest BCUT2D eigenvalue weighted by Gasteiger charge is 2.22. The molecule has 0 unspecified atom stereocenters. The first-order chi connectivity index (χ1) is 12.9. The van der Waals surface area contributed by atoms with Crippen LogP contribution in [0.4, 0.5) is 5.69 Å². The van der Waals surface area contributed by atoms with Gasteiger partial charge in [-0.05, 0) is 18.2 Å². The first-order valence-electron chi connectivity index (χ1n) is 7.74. The number of ether oxygens (including phenoxy) is 2. The molecule has 0 bridgehead atoms. The average molecular weight is 409 g/mol. The predicted octanol–water partition coefficient (Wildman–Crippen LogP) is 2.95. The lowest BCUT2D eigenvalue weighted by molar-refractivity contribution is 0.386. The number of rotatable bonds is 6. The van der Waals surface area contributed by atoms with E-state index in [1.165, 1.54) is 26.4 Å². The maximum Gasteiger partial charge on any atom is 0.265 e. The molecule has 0 aliphatic rings. The van der Waals surface area contributed by atoms with Crippen LogP contribution in [0.25, 0.3) is 11.4 Å². The number of aromatic nitrogens is 3. The maximum atomic E-state index is 12.9. The van der Waals surface area contributed by atoms with Gasteiger partial charge in [0, 0.05) is 24.4 Å². The highest BCUT2D eigenvalue weighted by Crippen LogP contribution is 2.36. The smallest absolute Gasteiger partial charge is 0.265 e. The SMILES string of the molecule is COc1cc(OC)c(S(=O)(=O)Nc2cccc(-c3nncn3C)c2)cc1Cl. The van der Waals surface area contributed by atoms with Gasteiger partial charge in [-0.2, -0.15) is 0 Å². The number of anilines is 1. The van der Waals surface area contributed by atoms with Crippen LogP contribution in [-0.4, -0.2) is 37.4 Å². The number of nitrogens with one attached hydrogen (secondary N) is 1. The summed E-state index contributed by atoms with van der Waals surface area (Å²) in [5.74, 6) is 1.05. The maximum absolute atomic E-state index is 12.9. The van der Waals surface area contributed by atoms with E-state index in [2.05, 4.69) is 14.9 Å². The first kappa shape index (κ1) is 19.0. The zero-order valence-corrected chi connectivity index (χ0v) is 16.4. The number of aryl methyl sites for hydroxylation is 1. The molecule has 0 amide bonds. The molecule has 1 heterocycles. The van der Waals surface area contributed by atoms with Crippen molar-refractivity contribution >= 4 is 27.3 Å². The Kier molecular flexibility index (Phi) is 5.24. The summed E-state index contributed by atoms with van der Waals surface area (Å²) in [6, 6.07) is 9.54. The van der Waals surface area contributed by atoms with Crippen LogP contribution in [0.3, 0.4) is 0 Å². The van der Waals surface area contributed by atoms with E-state index >= 15 is 0 Å². The van der Waals surface area contributed by atoms with Crippen molar-refractivity contribution < 1.29 is 17.9 Å². The van der Waals surface area contributed by atoms with Gasteiger partial charge in [0.05, 0.1) is 19.2 Å². The van der Waals surface area contributed by atoms with Gasteiger partial charge in [0.1, 0.15) is 22.7 Å². The Hall–Kier alpha value is -2.78. The molecule has 27 heavy (non-hydrogen) atoms. The molecule has 0 aliphatic heterocycles. The average Bonchev–Trinajstić information content (AvgIpc) is 3.07. The van der Waals surface area contributed by atoms with Gasteiger partial charge in [-0.15, -0.1) is 10.2 Å². The highest BCUT2D eigenvalue weighted by molar-refractivity contribution is 7.92. The van der Waals surface area contributed by atoms with E-state index in [0.717, 1.165) is 5.56 Å². The Labute approximate surface area is 161 Å². The Morgan fingerprint density at radius 3 is 2.48 bits per heavy atom. The Balaban J connectivity index is 1.98. The lowest BCUT2D eigenvalue weighted by atomic mass is 10.2. The van der Waals surface area contributed by atoms with Crippen molar-refractivity contribution in [1.82, 2.24) is 14.8 Å². The third-order valence-electron chi connectivity index (χ3n) is 3.81. The standard InChI is InChI=1S/C17H17ClN4O4S/c1-22-10-19-20-17(22)11-5-4-6-12(7-11)21-27(23,24)16-8-13(18)14(25-2)9-15(16)26-3/h4-10,21H,1-3H3. The summed E-state index contributed by atoms with van der Waals surface area (Å²) in [5, 5.41) is 8.01. The van der Waals surface area contributed by atoms with E-state index in [1.807, 2.05) is 6.07 Å². The number of methoxy groups -OCH3 is 2. The van der Waals surface area contributed by atoms with Crippen molar-refractivity contribution in [2.45, 2.75) is 4.90 Å². The molecule has 0 saturated carbocycles. The van der Waals surface area contributed by atoms with Crippen molar-refractivity contribution in [3.05, 3.63) is 47.7 Å². The van der Waals surface area contributed by atoms with Crippen LogP contribution in [0.2, 0.25) is 5.02 Å². The highest BCUT2D eigenvalue weighted by atomic mass is 35.5. The molecule has 1 N–H and O–H groups in total. The molecule has 1 aromatic heterocycles. The van der Waals surface area contributed by atoms with Crippen LogP contribution in [0.1, 0.15) is 0 Å². The predicted molar refractivity (Wildman–Crippen MR) is 102 cm³/mol. The van der Waals surface area contributed by atoms with Crippen LogP contribution >= 0.6 is 11.6 Å². The van der Waals surface area contributed by atoms with Crippen molar-refractivity contribution in [2.75, 3.05) is 18.9 Å². The summed E-state index contributed by atoms with van der Waals surface area (Å²) in [6.07, 6.45) is 1.57. The Morgan fingerprint density at radius 1 is 1.11 bits per heavy atom. The molecule has 3 aromatic rings. The minimum atomic E-state index is -3.96.